The molecule has 19 heavy (non-hydrogen) atoms. The minimum Gasteiger partial charge on any atom is -0.495 e. The first-order valence-electron chi connectivity index (χ1n) is 5.17. The Morgan fingerprint density at radius 3 is 2.58 bits per heavy atom. The fourth-order valence-corrected chi connectivity index (χ4v) is 2.33. The number of halogens is 2. The van der Waals surface area contributed by atoms with Crippen LogP contribution in [0.1, 0.15) is 0 Å². The first kappa shape index (κ1) is 15.6. The van der Waals surface area contributed by atoms with E-state index in [1.807, 2.05) is 4.72 Å². The van der Waals surface area contributed by atoms with Gasteiger partial charge in [-0.2, -0.15) is 0 Å². The molecule has 1 unspecified atom stereocenters. The smallest absolute Gasteiger partial charge is 0.265 e. The molecule has 9 heteroatoms. The third-order valence-electron chi connectivity index (χ3n) is 2.28. The lowest BCUT2D eigenvalue weighted by molar-refractivity contribution is -0.000451. The van der Waals surface area contributed by atoms with Crippen molar-refractivity contribution >= 4 is 15.7 Å². The molecule has 0 aliphatic rings. The van der Waals surface area contributed by atoms with Crippen molar-refractivity contribution in [3.63, 3.8) is 0 Å². The lowest BCUT2D eigenvalue weighted by Crippen LogP contribution is -2.35. The van der Waals surface area contributed by atoms with Crippen LogP contribution in [0.4, 0.5) is 14.5 Å². The summed E-state index contributed by atoms with van der Waals surface area (Å²) in [6, 6.07) is 3.69. The molecular weight excluding hydrogens is 282 g/mol. The third kappa shape index (κ3) is 4.01. The first-order valence-corrected chi connectivity index (χ1v) is 6.65. The normalized spacial score (nSPS) is 13.5. The van der Waals surface area contributed by atoms with Crippen molar-refractivity contribution in [2.24, 2.45) is 0 Å². The second kappa shape index (κ2) is 6.13. The molecule has 0 aromatic heterocycles. The monoisotopic (exact) mass is 296 g/mol. The van der Waals surface area contributed by atoms with Crippen LogP contribution >= 0.6 is 0 Å². The molecule has 0 saturated heterocycles. The van der Waals surface area contributed by atoms with Gasteiger partial charge in [0.05, 0.1) is 17.7 Å². The SMILES string of the molecule is COc1ccc(S(=O)(=O)NCC(O)C(F)F)cc1N. The summed E-state index contributed by atoms with van der Waals surface area (Å²) in [5, 5.41) is 8.85. The van der Waals surface area contributed by atoms with E-state index < -0.39 is 29.1 Å². The maximum absolute atomic E-state index is 12.0. The van der Waals surface area contributed by atoms with E-state index in [0.717, 1.165) is 6.07 Å². The summed E-state index contributed by atoms with van der Waals surface area (Å²) < 4.78 is 54.3. The first-order chi connectivity index (χ1) is 8.77. The Morgan fingerprint density at radius 2 is 2.11 bits per heavy atom. The zero-order chi connectivity index (χ0) is 14.6. The van der Waals surface area contributed by atoms with Gasteiger partial charge in [0.25, 0.3) is 6.43 Å². The Kier molecular flexibility index (Phi) is 5.04. The van der Waals surface area contributed by atoms with Crippen molar-refractivity contribution in [3.05, 3.63) is 18.2 Å². The maximum atomic E-state index is 12.0. The number of rotatable bonds is 6. The summed E-state index contributed by atoms with van der Waals surface area (Å²) in [6.07, 6.45) is -5.09. The molecule has 0 aliphatic carbocycles. The zero-order valence-corrected chi connectivity index (χ0v) is 10.8. The van der Waals surface area contributed by atoms with Gasteiger partial charge in [-0.1, -0.05) is 0 Å². The largest absolute Gasteiger partial charge is 0.495 e. The summed E-state index contributed by atoms with van der Waals surface area (Å²) in [4.78, 5) is -0.202. The van der Waals surface area contributed by atoms with Gasteiger partial charge in [-0.05, 0) is 18.2 Å². The standard InChI is InChI=1S/C10H14F2N2O4S/c1-18-9-3-2-6(4-7(9)13)19(16,17)14-5-8(15)10(11)12/h2-4,8,10,14-15H,5,13H2,1H3. The number of nitrogen functional groups attached to an aromatic ring is 1. The zero-order valence-electron chi connectivity index (χ0n) is 10.0. The van der Waals surface area contributed by atoms with Gasteiger partial charge in [0.2, 0.25) is 10.0 Å². The van der Waals surface area contributed by atoms with Crippen molar-refractivity contribution in [1.29, 1.82) is 0 Å². The van der Waals surface area contributed by atoms with Crippen LogP contribution in [0.25, 0.3) is 0 Å². The van der Waals surface area contributed by atoms with Gasteiger partial charge in [-0.3, -0.25) is 0 Å². The maximum Gasteiger partial charge on any atom is 0.265 e. The summed E-state index contributed by atoms with van der Waals surface area (Å²) in [6.45, 7) is -0.786. The summed E-state index contributed by atoms with van der Waals surface area (Å²) in [5.41, 5.74) is 5.64. The number of benzene rings is 1. The number of hydrogen-bond donors (Lipinski definition) is 3. The van der Waals surface area contributed by atoms with E-state index >= 15 is 0 Å². The van der Waals surface area contributed by atoms with E-state index in [1.54, 1.807) is 0 Å². The van der Waals surface area contributed by atoms with Crippen molar-refractivity contribution in [2.45, 2.75) is 17.4 Å². The van der Waals surface area contributed by atoms with Crippen LogP contribution in [0.15, 0.2) is 23.1 Å². The second-order valence-corrected chi connectivity index (χ2v) is 5.42. The highest BCUT2D eigenvalue weighted by Crippen LogP contribution is 2.24. The van der Waals surface area contributed by atoms with Crippen molar-refractivity contribution in [1.82, 2.24) is 4.72 Å². The van der Waals surface area contributed by atoms with Gasteiger partial charge in [-0.15, -0.1) is 0 Å². The molecule has 1 aromatic carbocycles. The molecule has 1 rings (SSSR count). The quantitative estimate of drug-likeness (QED) is 0.650. The van der Waals surface area contributed by atoms with E-state index in [9.17, 15) is 17.2 Å². The van der Waals surface area contributed by atoms with Crippen LogP contribution in [0.2, 0.25) is 0 Å². The third-order valence-corrected chi connectivity index (χ3v) is 3.71. The number of methoxy groups -OCH3 is 1. The lowest BCUT2D eigenvalue weighted by atomic mass is 10.3. The second-order valence-electron chi connectivity index (χ2n) is 3.66. The van der Waals surface area contributed by atoms with Crippen LogP contribution < -0.4 is 15.2 Å². The van der Waals surface area contributed by atoms with Crippen LogP contribution in [0.3, 0.4) is 0 Å². The highest BCUT2D eigenvalue weighted by molar-refractivity contribution is 7.89. The summed E-state index contributed by atoms with van der Waals surface area (Å²) in [5.74, 6) is 0.298. The Bertz CT molecular complexity index is 536. The number of aliphatic hydroxyl groups excluding tert-OH is 1. The van der Waals surface area contributed by atoms with Gasteiger partial charge in [0, 0.05) is 6.54 Å². The van der Waals surface area contributed by atoms with Crippen LogP contribution in [-0.2, 0) is 10.0 Å². The molecule has 0 radical (unpaired) electrons. The van der Waals surface area contributed by atoms with Crippen LogP contribution in [0.5, 0.6) is 5.75 Å². The Labute approximate surface area is 109 Å². The van der Waals surface area contributed by atoms with Crippen LogP contribution in [0, 0.1) is 0 Å². The van der Waals surface area contributed by atoms with E-state index in [1.165, 1.54) is 19.2 Å². The van der Waals surface area contributed by atoms with E-state index in [4.69, 9.17) is 15.6 Å². The average molecular weight is 296 g/mol. The fourth-order valence-electron chi connectivity index (χ4n) is 1.25. The molecule has 0 aliphatic heterocycles. The van der Waals surface area contributed by atoms with Gasteiger partial charge in [0.15, 0.2) is 0 Å². The molecule has 1 atom stereocenters. The van der Waals surface area contributed by atoms with Crippen LogP contribution in [-0.4, -0.2) is 39.7 Å². The van der Waals surface area contributed by atoms with Crippen molar-refractivity contribution in [2.75, 3.05) is 19.4 Å². The Balaban J connectivity index is 2.86. The fraction of sp³-hybridized carbons (Fsp3) is 0.400. The highest BCUT2D eigenvalue weighted by Gasteiger charge is 2.21. The molecule has 1 aromatic rings. The molecule has 4 N–H and O–H groups in total. The number of ether oxygens (including phenoxy) is 1. The van der Waals surface area contributed by atoms with Gasteiger partial charge in [0.1, 0.15) is 11.9 Å². The Hall–Kier alpha value is -1.45. The molecule has 6 nitrogen and oxygen atoms in total. The highest BCUT2D eigenvalue weighted by atomic mass is 32.2. The number of aliphatic hydroxyl groups is 1. The van der Waals surface area contributed by atoms with E-state index in [2.05, 4.69) is 0 Å². The van der Waals surface area contributed by atoms with E-state index in [0.29, 0.717) is 5.75 Å². The van der Waals surface area contributed by atoms with Gasteiger partial charge < -0.3 is 15.6 Å². The molecule has 0 amide bonds. The lowest BCUT2D eigenvalue weighted by Gasteiger charge is -2.12. The molecule has 0 saturated carbocycles. The number of nitrogens with one attached hydrogen (secondary N) is 1. The van der Waals surface area contributed by atoms with Gasteiger partial charge >= 0.3 is 0 Å². The predicted octanol–water partition coefficient (Wildman–Crippen LogP) is 0.182. The average Bonchev–Trinajstić information content (AvgIpc) is 2.35. The molecular formula is C10H14F2N2O4S. The molecule has 0 spiro atoms. The van der Waals surface area contributed by atoms with Gasteiger partial charge in [-0.25, -0.2) is 21.9 Å². The van der Waals surface area contributed by atoms with E-state index in [-0.39, 0.29) is 10.6 Å². The number of hydrogen-bond acceptors (Lipinski definition) is 5. The summed E-state index contributed by atoms with van der Waals surface area (Å²) >= 11 is 0. The number of nitrogens with two attached hydrogens (primary N) is 1. The Morgan fingerprint density at radius 1 is 1.47 bits per heavy atom. The van der Waals surface area contributed by atoms with Crippen molar-refractivity contribution < 1.29 is 27.0 Å². The molecule has 0 bridgehead atoms. The number of sulfonamides is 1. The molecule has 0 heterocycles. The minimum absolute atomic E-state index is 0.0970. The number of anilines is 1. The topological polar surface area (TPSA) is 102 Å². The molecule has 0 fully saturated rings. The predicted molar refractivity (Wildman–Crippen MR) is 64.6 cm³/mol. The van der Waals surface area contributed by atoms with Crippen molar-refractivity contribution in [3.8, 4) is 5.75 Å². The molecule has 108 valence electrons. The number of alkyl halides is 2. The summed E-state index contributed by atoms with van der Waals surface area (Å²) in [7, 11) is -2.64. The minimum atomic E-state index is -4.02.